The van der Waals surface area contributed by atoms with E-state index >= 15 is 0 Å². The number of rotatable bonds is 8. The minimum absolute atomic E-state index is 1.01. The summed E-state index contributed by atoms with van der Waals surface area (Å²) in [5, 5.41) is 0. The van der Waals surface area contributed by atoms with Gasteiger partial charge in [0.05, 0.1) is 8.07 Å². The highest BCUT2D eigenvalue weighted by Gasteiger charge is 2.15. The SMILES string of the molecule is CC=C[Si](C)(C)CCCN(CC)CCC. The summed E-state index contributed by atoms with van der Waals surface area (Å²) in [6, 6.07) is 1.43. The second kappa shape index (κ2) is 8.11. The molecule has 0 rings (SSSR count). The molecule has 0 heterocycles. The molecule has 90 valence electrons. The average Bonchev–Trinajstić information content (AvgIpc) is 2.16. The highest BCUT2D eigenvalue weighted by Crippen LogP contribution is 2.14. The standard InChI is InChI=1S/C13H29NSi/c1-6-10-14(8-3)11-9-13-15(4,5)12-7-2/h7,12H,6,8-11,13H2,1-5H3. The van der Waals surface area contributed by atoms with Gasteiger partial charge in [-0.15, -0.1) is 0 Å². The summed E-state index contributed by atoms with van der Waals surface area (Å²) in [5.74, 6) is 0. The minimum atomic E-state index is -1.01. The van der Waals surface area contributed by atoms with Crippen molar-refractivity contribution in [2.24, 2.45) is 0 Å². The Morgan fingerprint density at radius 2 is 1.80 bits per heavy atom. The van der Waals surface area contributed by atoms with Crippen LogP contribution < -0.4 is 0 Å². The molecule has 0 fully saturated rings. The molecule has 0 aromatic rings. The molecule has 0 spiro atoms. The summed E-state index contributed by atoms with van der Waals surface area (Å²) in [6.45, 7) is 15.4. The minimum Gasteiger partial charge on any atom is -0.304 e. The topological polar surface area (TPSA) is 3.24 Å². The molecule has 2 heteroatoms. The summed E-state index contributed by atoms with van der Waals surface area (Å²) < 4.78 is 0. The van der Waals surface area contributed by atoms with Crippen LogP contribution in [0.4, 0.5) is 0 Å². The van der Waals surface area contributed by atoms with Gasteiger partial charge in [0.2, 0.25) is 0 Å². The smallest absolute Gasteiger partial charge is 0.0713 e. The van der Waals surface area contributed by atoms with Crippen LogP contribution in [-0.4, -0.2) is 32.6 Å². The van der Waals surface area contributed by atoms with E-state index in [-0.39, 0.29) is 0 Å². The van der Waals surface area contributed by atoms with Crippen LogP contribution in [0.5, 0.6) is 0 Å². The van der Waals surface area contributed by atoms with Crippen LogP contribution >= 0.6 is 0 Å². The lowest BCUT2D eigenvalue weighted by molar-refractivity contribution is 0.289. The van der Waals surface area contributed by atoms with E-state index in [0.29, 0.717) is 0 Å². The second-order valence-electron chi connectivity index (χ2n) is 5.03. The van der Waals surface area contributed by atoms with Crippen LogP contribution in [0.25, 0.3) is 0 Å². The van der Waals surface area contributed by atoms with E-state index in [1.807, 2.05) is 0 Å². The Bertz CT molecular complexity index is 175. The summed E-state index contributed by atoms with van der Waals surface area (Å²) >= 11 is 0. The molecular formula is C13H29NSi. The number of nitrogens with zero attached hydrogens (tertiary/aromatic N) is 1. The molecule has 0 aliphatic rings. The van der Waals surface area contributed by atoms with Crippen molar-refractivity contribution in [2.75, 3.05) is 19.6 Å². The van der Waals surface area contributed by atoms with E-state index in [9.17, 15) is 0 Å². The molecule has 1 nitrogen and oxygen atoms in total. The van der Waals surface area contributed by atoms with Gasteiger partial charge >= 0.3 is 0 Å². The van der Waals surface area contributed by atoms with E-state index in [1.54, 1.807) is 0 Å². The van der Waals surface area contributed by atoms with Crippen molar-refractivity contribution in [1.82, 2.24) is 4.90 Å². The molecule has 0 N–H and O–H groups in total. The molecule has 0 aromatic heterocycles. The average molecular weight is 227 g/mol. The fourth-order valence-electron chi connectivity index (χ4n) is 2.04. The molecule has 0 amide bonds. The van der Waals surface area contributed by atoms with Gasteiger partial charge in [0.1, 0.15) is 0 Å². The van der Waals surface area contributed by atoms with Crippen molar-refractivity contribution in [3.8, 4) is 0 Å². The Balaban J connectivity index is 3.76. The van der Waals surface area contributed by atoms with Gasteiger partial charge < -0.3 is 4.90 Å². The van der Waals surface area contributed by atoms with E-state index in [1.165, 1.54) is 38.5 Å². The molecule has 0 saturated heterocycles. The first kappa shape index (κ1) is 14.9. The van der Waals surface area contributed by atoms with E-state index in [4.69, 9.17) is 0 Å². The summed E-state index contributed by atoms with van der Waals surface area (Å²) in [6.07, 6.45) is 4.89. The Hall–Kier alpha value is -0.0831. The lowest BCUT2D eigenvalue weighted by atomic mass is 10.3. The molecule has 0 saturated carbocycles. The molecule has 0 aromatic carbocycles. The Kier molecular flexibility index (Phi) is 8.07. The first-order valence-electron chi connectivity index (χ1n) is 6.42. The van der Waals surface area contributed by atoms with Gasteiger partial charge in [-0.2, -0.15) is 0 Å². The van der Waals surface area contributed by atoms with Crippen molar-refractivity contribution in [3.63, 3.8) is 0 Å². The predicted molar refractivity (Wildman–Crippen MR) is 74.1 cm³/mol. The van der Waals surface area contributed by atoms with Gasteiger partial charge in [0, 0.05) is 0 Å². The van der Waals surface area contributed by atoms with E-state index < -0.39 is 8.07 Å². The van der Waals surface area contributed by atoms with Crippen LogP contribution in [0.2, 0.25) is 19.1 Å². The highest BCUT2D eigenvalue weighted by atomic mass is 28.3. The van der Waals surface area contributed by atoms with Crippen molar-refractivity contribution in [1.29, 1.82) is 0 Å². The number of allylic oxidation sites excluding steroid dienone is 1. The van der Waals surface area contributed by atoms with Crippen LogP contribution in [0.3, 0.4) is 0 Å². The third-order valence-electron chi connectivity index (χ3n) is 2.90. The van der Waals surface area contributed by atoms with Gasteiger partial charge in [-0.3, -0.25) is 0 Å². The first-order valence-corrected chi connectivity index (χ1v) is 9.70. The predicted octanol–water partition coefficient (Wildman–Crippen LogP) is 3.93. The van der Waals surface area contributed by atoms with Gasteiger partial charge in [-0.1, -0.05) is 44.8 Å². The zero-order chi connectivity index (χ0) is 11.7. The fraction of sp³-hybridized carbons (Fsp3) is 0.846. The summed E-state index contributed by atoms with van der Waals surface area (Å²) in [5.41, 5.74) is 2.46. The molecule has 15 heavy (non-hydrogen) atoms. The van der Waals surface area contributed by atoms with Gasteiger partial charge in [-0.25, -0.2) is 0 Å². The van der Waals surface area contributed by atoms with Gasteiger partial charge in [0.25, 0.3) is 0 Å². The van der Waals surface area contributed by atoms with Crippen LogP contribution in [0.15, 0.2) is 11.8 Å². The zero-order valence-corrected chi connectivity index (χ0v) is 12.3. The Labute approximate surface area is 97.6 Å². The van der Waals surface area contributed by atoms with Crippen molar-refractivity contribution < 1.29 is 0 Å². The van der Waals surface area contributed by atoms with Gasteiger partial charge in [-0.05, 0) is 39.4 Å². The molecule has 0 bridgehead atoms. The van der Waals surface area contributed by atoms with Crippen molar-refractivity contribution >= 4 is 8.07 Å². The Morgan fingerprint density at radius 1 is 1.13 bits per heavy atom. The quantitative estimate of drug-likeness (QED) is 0.568. The fourth-order valence-corrected chi connectivity index (χ4v) is 4.18. The Morgan fingerprint density at radius 3 is 2.27 bits per heavy atom. The maximum atomic E-state index is 2.57. The molecule has 0 atom stereocenters. The normalized spacial score (nSPS) is 12.9. The number of hydrogen-bond donors (Lipinski definition) is 0. The van der Waals surface area contributed by atoms with Gasteiger partial charge in [0.15, 0.2) is 0 Å². The van der Waals surface area contributed by atoms with Crippen LogP contribution in [0, 0.1) is 0 Å². The molecule has 0 aliphatic carbocycles. The first-order chi connectivity index (χ1) is 7.05. The van der Waals surface area contributed by atoms with Crippen molar-refractivity contribution in [3.05, 3.63) is 11.8 Å². The zero-order valence-electron chi connectivity index (χ0n) is 11.3. The maximum Gasteiger partial charge on any atom is 0.0713 e. The second-order valence-corrected chi connectivity index (χ2v) is 9.84. The lowest BCUT2D eigenvalue weighted by Crippen LogP contribution is -2.28. The molecule has 0 unspecified atom stereocenters. The monoisotopic (exact) mass is 227 g/mol. The number of hydrogen-bond acceptors (Lipinski definition) is 1. The summed E-state index contributed by atoms with van der Waals surface area (Å²) in [4.78, 5) is 2.57. The van der Waals surface area contributed by atoms with Crippen LogP contribution in [0.1, 0.15) is 33.6 Å². The molecule has 0 radical (unpaired) electrons. The van der Waals surface area contributed by atoms with E-state index in [2.05, 4.69) is 50.5 Å². The largest absolute Gasteiger partial charge is 0.304 e. The molecule has 0 aliphatic heterocycles. The summed E-state index contributed by atoms with van der Waals surface area (Å²) in [7, 11) is -1.01. The third-order valence-corrected chi connectivity index (χ3v) is 5.78. The lowest BCUT2D eigenvalue weighted by Gasteiger charge is -2.22. The maximum absolute atomic E-state index is 2.57. The molecular weight excluding hydrogens is 198 g/mol. The highest BCUT2D eigenvalue weighted by molar-refractivity contribution is 6.82. The van der Waals surface area contributed by atoms with Crippen molar-refractivity contribution in [2.45, 2.75) is 52.8 Å². The third kappa shape index (κ3) is 7.80. The van der Waals surface area contributed by atoms with E-state index in [0.717, 1.165) is 0 Å². The van der Waals surface area contributed by atoms with Crippen LogP contribution in [-0.2, 0) is 0 Å².